The molecule has 9 nitrogen and oxygen atoms in total. The zero-order valence-electron chi connectivity index (χ0n) is 19.3. The average molecular weight is 466 g/mol. The molecule has 180 valence electrons. The van der Waals surface area contributed by atoms with Crippen molar-refractivity contribution in [3.8, 4) is 0 Å². The van der Waals surface area contributed by atoms with Crippen LogP contribution in [0.3, 0.4) is 0 Å². The summed E-state index contributed by atoms with van der Waals surface area (Å²) in [6.45, 7) is 3.85. The minimum Gasteiger partial charge on any atom is -0.465 e. The molecular formula is C25H31N5O4. The summed E-state index contributed by atoms with van der Waals surface area (Å²) in [6.07, 6.45) is 10.9. The lowest BCUT2D eigenvalue weighted by atomic mass is 9.81. The number of hydrogen-bond donors (Lipinski definition) is 1. The van der Waals surface area contributed by atoms with Crippen molar-refractivity contribution in [2.24, 2.45) is 11.8 Å². The number of amides is 3. The van der Waals surface area contributed by atoms with Crippen LogP contribution in [0.25, 0.3) is 0 Å². The Bertz CT molecular complexity index is 955. The summed E-state index contributed by atoms with van der Waals surface area (Å²) in [7, 11) is 0. The molecule has 1 saturated carbocycles. The van der Waals surface area contributed by atoms with E-state index in [2.05, 4.69) is 20.9 Å². The van der Waals surface area contributed by atoms with Crippen molar-refractivity contribution in [2.45, 2.75) is 32.1 Å². The molecule has 3 aliphatic rings. The number of piperazine rings is 1. The average Bonchev–Trinajstić information content (AvgIpc) is 3.14. The highest BCUT2D eigenvalue weighted by Gasteiger charge is 2.48. The lowest BCUT2D eigenvalue weighted by molar-refractivity contribution is -0.122. The first-order valence-electron chi connectivity index (χ1n) is 11.9. The number of nitrogens with zero attached hydrogens (tertiary/aromatic N) is 5. The number of hydrogen-bond acceptors (Lipinski definition) is 6. The number of fused-ring (bicyclic) bond motifs is 1. The summed E-state index contributed by atoms with van der Waals surface area (Å²) in [5.74, 6) is -0.242. The van der Waals surface area contributed by atoms with Gasteiger partial charge in [0, 0.05) is 51.3 Å². The van der Waals surface area contributed by atoms with Crippen LogP contribution in [0, 0.1) is 11.8 Å². The Labute approximate surface area is 199 Å². The molecule has 0 spiro atoms. The van der Waals surface area contributed by atoms with Crippen LogP contribution in [-0.4, -0.2) is 75.5 Å². The van der Waals surface area contributed by atoms with Crippen molar-refractivity contribution in [1.29, 1.82) is 0 Å². The lowest BCUT2D eigenvalue weighted by Gasteiger charge is -2.32. The molecule has 4 heterocycles. The second-order valence-corrected chi connectivity index (χ2v) is 8.94. The smallest absolute Gasteiger partial charge is 0.407 e. The molecule has 34 heavy (non-hydrogen) atoms. The van der Waals surface area contributed by atoms with Crippen LogP contribution in [0.15, 0.2) is 49.1 Å². The van der Waals surface area contributed by atoms with E-state index in [9.17, 15) is 14.4 Å². The van der Waals surface area contributed by atoms with Gasteiger partial charge in [-0.1, -0.05) is 18.9 Å². The highest BCUT2D eigenvalue weighted by molar-refractivity contribution is 6.22. The van der Waals surface area contributed by atoms with Gasteiger partial charge in [0.1, 0.15) is 0 Å². The van der Waals surface area contributed by atoms with Crippen molar-refractivity contribution in [2.75, 3.05) is 37.6 Å². The molecule has 2 saturated heterocycles. The second-order valence-electron chi connectivity index (χ2n) is 8.94. The van der Waals surface area contributed by atoms with Gasteiger partial charge < -0.3 is 10.0 Å². The zero-order valence-corrected chi connectivity index (χ0v) is 19.3. The first-order chi connectivity index (χ1) is 16.5. The van der Waals surface area contributed by atoms with E-state index in [1.54, 1.807) is 30.7 Å². The molecule has 1 aliphatic carbocycles. The van der Waals surface area contributed by atoms with Crippen LogP contribution >= 0.6 is 0 Å². The van der Waals surface area contributed by atoms with Crippen LogP contribution in [0.2, 0.25) is 0 Å². The van der Waals surface area contributed by atoms with Crippen LogP contribution in [0.1, 0.15) is 31.2 Å². The molecular weight excluding hydrogens is 434 g/mol. The van der Waals surface area contributed by atoms with Gasteiger partial charge in [-0.05, 0) is 43.0 Å². The monoisotopic (exact) mass is 465 g/mol. The summed E-state index contributed by atoms with van der Waals surface area (Å²) < 4.78 is 0. The quantitative estimate of drug-likeness (QED) is 0.692. The van der Waals surface area contributed by atoms with Gasteiger partial charge in [-0.2, -0.15) is 0 Å². The van der Waals surface area contributed by atoms with E-state index >= 15 is 0 Å². The highest BCUT2D eigenvalue weighted by atomic mass is 16.4. The number of aromatic nitrogens is 2. The topological polar surface area (TPSA) is 107 Å². The Morgan fingerprint density at radius 1 is 0.912 bits per heavy atom. The summed E-state index contributed by atoms with van der Waals surface area (Å²) in [5.41, 5.74) is 1.84. The van der Waals surface area contributed by atoms with E-state index in [1.807, 2.05) is 12.3 Å². The number of carbonyl (C=O) groups is 3. The molecule has 2 aromatic heterocycles. The number of pyridine rings is 2. The molecule has 0 radical (unpaired) electrons. The summed E-state index contributed by atoms with van der Waals surface area (Å²) in [4.78, 5) is 48.3. The number of anilines is 1. The Kier molecular flexibility index (Phi) is 7.84. The minimum atomic E-state index is -0.808. The summed E-state index contributed by atoms with van der Waals surface area (Å²) in [5, 5.41) is 8.83. The van der Waals surface area contributed by atoms with E-state index < -0.39 is 6.09 Å². The normalized spacial score (nSPS) is 22.7. The van der Waals surface area contributed by atoms with E-state index in [1.165, 1.54) is 15.4 Å². The van der Waals surface area contributed by atoms with Crippen LogP contribution < -0.4 is 4.90 Å². The number of carboxylic acid groups (broad SMARTS) is 1. The van der Waals surface area contributed by atoms with Crippen LogP contribution in [0.5, 0.6) is 0 Å². The van der Waals surface area contributed by atoms with Crippen molar-refractivity contribution in [1.82, 2.24) is 19.8 Å². The van der Waals surface area contributed by atoms with Gasteiger partial charge in [-0.3, -0.25) is 24.5 Å². The Morgan fingerprint density at radius 2 is 1.53 bits per heavy atom. The fraction of sp³-hybridized carbons (Fsp3) is 0.480. The maximum absolute atomic E-state index is 12.2. The van der Waals surface area contributed by atoms with Gasteiger partial charge in [0.25, 0.3) is 0 Å². The third kappa shape index (κ3) is 5.59. The van der Waals surface area contributed by atoms with Gasteiger partial charge >= 0.3 is 6.09 Å². The predicted octanol–water partition coefficient (Wildman–Crippen LogP) is 2.68. The number of imide groups is 1. The van der Waals surface area contributed by atoms with Gasteiger partial charge in [0.2, 0.25) is 11.8 Å². The molecule has 3 fully saturated rings. The van der Waals surface area contributed by atoms with E-state index in [0.29, 0.717) is 18.8 Å². The molecule has 5 rings (SSSR count). The Hall–Kier alpha value is -3.33. The summed E-state index contributed by atoms with van der Waals surface area (Å²) >= 11 is 0. The maximum Gasteiger partial charge on any atom is 0.407 e. The third-order valence-electron chi connectivity index (χ3n) is 6.83. The van der Waals surface area contributed by atoms with Crippen molar-refractivity contribution < 1.29 is 19.5 Å². The number of carbonyl (C=O) groups excluding carboxylic acids is 2. The SMILES string of the molecule is O=C(O)N1CCN(CCc2cccnc2)CC1.O=C1C2CCCCC2C(=O)N1c1cccnc1. The van der Waals surface area contributed by atoms with E-state index in [-0.39, 0.29) is 23.7 Å². The largest absolute Gasteiger partial charge is 0.465 e. The summed E-state index contributed by atoms with van der Waals surface area (Å²) in [6, 6.07) is 7.52. The Balaban J connectivity index is 0.000000161. The van der Waals surface area contributed by atoms with Gasteiger partial charge in [0.05, 0.1) is 23.7 Å². The number of rotatable bonds is 4. The lowest BCUT2D eigenvalue weighted by Crippen LogP contribution is -2.48. The van der Waals surface area contributed by atoms with Crippen molar-refractivity contribution >= 4 is 23.6 Å². The molecule has 2 unspecified atom stereocenters. The Morgan fingerprint density at radius 3 is 2.06 bits per heavy atom. The first kappa shape index (κ1) is 23.8. The molecule has 0 bridgehead atoms. The second kappa shape index (κ2) is 11.2. The standard InChI is InChI=1S/C13H14N2O2.C12H17N3O2/c16-12-10-5-1-2-6-11(10)13(17)15(12)9-4-3-7-14-8-9;16-12(17)15-8-6-14(7-9-15)5-3-11-2-1-4-13-10-11/h3-4,7-8,10-11H,1-2,5-6H2;1-2,4,10H,3,5-9H2,(H,16,17). The fourth-order valence-corrected chi connectivity index (χ4v) is 4.90. The molecule has 9 heteroatoms. The minimum absolute atomic E-state index is 0.0345. The molecule has 1 N–H and O–H groups in total. The molecule has 2 aliphatic heterocycles. The molecule has 3 amide bonds. The fourth-order valence-electron chi connectivity index (χ4n) is 4.90. The van der Waals surface area contributed by atoms with Gasteiger partial charge in [-0.25, -0.2) is 9.69 Å². The third-order valence-corrected chi connectivity index (χ3v) is 6.83. The van der Waals surface area contributed by atoms with E-state index in [0.717, 1.165) is 51.7 Å². The van der Waals surface area contributed by atoms with Crippen molar-refractivity contribution in [3.63, 3.8) is 0 Å². The van der Waals surface area contributed by atoms with Crippen LogP contribution in [0.4, 0.5) is 10.5 Å². The molecule has 0 aromatic carbocycles. The maximum atomic E-state index is 12.2. The van der Waals surface area contributed by atoms with Crippen LogP contribution in [-0.2, 0) is 16.0 Å². The van der Waals surface area contributed by atoms with Gasteiger partial charge in [0.15, 0.2) is 0 Å². The molecule has 2 aromatic rings. The first-order valence-corrected chi connectivity index (χ1v) is 11.9. The molecule has 2 atom stereocenters. The van der Waals surface area contributed by atoms with Crippen molar-refractivity contribution in [3.05, 3.63) is 54.6 Å². The predicted molar refractivity (Wildman–Crippen MR) is 126 cm³/mol. The zero-order chi connectivity index (χ0) is 23.9. The highest BCUT2D eigenvalue weighted by Crippen LogP contribution is 2.39. The van der Waals surface area contributed by atoms with Gasteiger partial charge in [-0.15, -0.1) is 0 Å². The van der Waals surface area contributed by atoms with E-state index in [4.69, 9.17) is 5.11 Å².